The summed E-state index contributed by atoms with van der Waals surface area (Å²) in [6.07, 6.45) is 0. The lowest BCUT2D eigenvalue weighted by Gasteiger charge is -2.23. The summed E-state index contributed by atoms with van der Waals surface area (Å²) in [7, 11) is 0. The predicted molar refractivity (Wildman–Crippen MR) is 88.9 cm³/mol. The number of quaternary nitrogens is 1. The number of rotatable bonds is 6. The van der Waals surface area contributed by atoms with Gasteiger partial charge in [-0.15, -0.1) is 0 Å². The van der Waals surface area contributed by atoms with Gasteiger partial charge in [0.2, 0.25) is 0 Å². The van der Waals surface area contributed by atoms with Crippen molar-refractivity contribution in [3.8, 4) is 0 Å². The van der Waals surface area contributed by atoms with E-state index in [4.69, 9.17) is 0 Å². The number of aryl methyl sites for hydroxylation is 1. The maximum atomic E-state index is 12.1. The van der Waals surface area contributed by atoms with Crippen LogP contribution in [-0.4, -0.2) is 37.0 Å². The van der Waals surface area contributed by atoms with Crippen molar-refractivity contribution in [3.05, 3.63) is 29.8 Å². The van der Waals surface area contributed by atoms with Crippen molar-refractivity contribution in [2.75, 3.05) is 25.0 Å². The quantitative estimate of drug-likeness (QED) is 0.726. The second kappa shape index (κ2) is 7.94. The third-order valence-electron chi connectivity index (χ3n) is 3.17. The summed E-state index contributed by atoms with van der Waals surface area (Å²) in [4.78, 5) is 24.9. The lowest BCUT2D eigenvalue weighted by Crippen LogP contribution is -3.14. The Labute approximate surface area is 133 Å². The van der Waals surface area contributed by atoms with Crippen molar-refractivity contribution < 1.29 is 14.5 Å². The molecule has 0 radical (unpaired) electrons. The molecule has 22 heavy (non-hydrogen) atoms. The molecule has 5 nitrogen and oxygen atoms in total. The Balaban J connectivity index is 2.49. The summed E-state index contributed by atoms with van der Waals surface area (Å²) in [5.41, 5.74) is 1.68. The van der Waals surface area contributed by atoms with Gasteiger partial charge in [-0.3, -0.25) is 9.59 Å². The normalized spacial score (nSPS) is 12.6. The lowest BCUT2D eigenvalue weighted by atomic mass is 10.1. The van der Waals surface area contributed by atoms with E-state index in [2.05, 4.69) is 10.6 Å². The SMILES string of the molecule is CC[NH+](CC(=O)Nc1ccc(C)cc1)CC(=O)NC(C)(C)C. The fraction of sp³-hybridized carbons (Fsp3) is 0.529. The minimum atomic E-state index is -0.250. The molecule has 0 aliphatic rings. The van der Waals surface area contributed by atoms with Crippen LogP contribution in [0.4, 0.5) is 5.69 Å². The summed E-state index contributed by atoms with van der Waals surface area (Å²) in [5, 5.41) is 5.79. The van der Waals surface area contributed by atoms with E-state index >= 15 is 0 Å². The summed E-state index contributed by atoms with van der Waals surface area (Å²) < 4.78 is 0. The summed E-state index contributed by atoms with van der Waals surface area (Å²) >= 11 is 0. The van der Waals surface area contributed by atoms with Gasteiger partial charge >= 0.3 is 0 Å². The van der Waals surface area contributed by atoms with E-state index in [1.807, 2.05) is 58.9 Å². The Morgan fingerprint density at radius 2 is 1.59 bits per heavy atom. The average molecular weight is 306 g/mol. The first-order valence-electron chi connectivity index (χ1n) is 7.70. The predicted octanol–water partition coefficient (Wildman–Crippen LogP) is 0.753. The van der Waals surface area contributed by atoms with E-state index in [9.17, 15) is 9.59 Å². The molecule has 0 aliphatic heterocycles. The highest BCUT2D eigenvalue weighted by Crippen LogP contribution is 2.07. The molecule has 2 amide bonds. The van der Waals surface area contributed by atoms with Crippen LogP contribution in [0.5, 0.6) is 0 Å². The molecule has 0 bridgehead atoms. The second-order valence-corrected chi connectivity index (χ2v) is 6.67. The molecule has 1 unspecified atom stereocenters. The molecule has 1 aromatic rings. The molecular weight excluding hydrogens is 278 g/mol. The number of amides is 2. The smallest absolute Gasteiger partial charge is 0.279 e. The topological polar surface area (TPSA) is 62.6 Å². The van der Waals surface area contributed by atoms with Crippen LogP contribution < -0.4 is 15.5 Å². The monoisotopic (exact) mass is 306 g/mol. The minimum absolute atomic E-state index is 0.0347. The second-order valence-electron chi connectivity index (χ2n) is 6.67. The van der Waals surface area contributed by atoms with E-state index in [0.717, 1.165) is 22.7 Å². The van der Waals surface area contributed by atoms with Crippen LogP contribution >= 0.6 is 0 Å². The van der Waals surface area contributed by atoms with Crippen LogP contribution in [0, 0.1) is 6.92 Å². The Morgan fingerprint density at radius 3 is 2.09 bits per heavy atom. The number of benzene rings is 1. The van der Waals surface area contributed by atoms with Crippen LogP contribution in [-0.2, 0) is 9.59 Å². The van der Waals surface area contributed by atoms with Gasteiger partial charge in [0.1, 0.15) is 0 Å². The maximum Gasteiger partial charge on any atom is 0.279 e. The molecule has 0 heterocycles. The first kappa shape index (κ1) is 18.2. The summed E-state index contributed by atoms with van der Waals surface area (Å²) in [6.45, 7) is 11.1. The highest BCUT2D eigenvalue weighted by atomic mass is 16.2. The first-order valence-corrected chi connectivity index (χ1v) is 7.70. The zero-order chi connectivity index (χ0) is 16.8. The zero-order valence-corrected chi connectivity index (χ0v) is 14.2. The van der Waals surface area contributed by atoms with Gasteiger partial charge in [0.25, 0.3) is 11.8 Å². The fourth-order valence-corrected chi connectivity index (χ4v) is 2.07. The molecule has 0 aromatic heterocycles. The van der Waals surface area contributed by atoms with Crippen molar-refractivity contribution in [3.63, 3.8) is 0 Å². The van der Waals surface area contributed by atoms with Crippen LogP contribution in [0.15, 0.2) is 24.3 Å². The van der Waals surface area contributed by atoms with Crippen LogP contribution in [0.1, 0.15) is 33.3 Å². The maximum absolute atomic E-state index is 12.1. The molecule has 0 spiro atoms. The molecule has 122 valence electrons. The Hall–Kier alpha value is -1.88. The van der Waals surface area contributed by atoms with Crippen molar-refractivity contribution in [2.24, 2.45) is 0 Å². The zero-order valence-electron chi connectivity index (χ0n) is 14.2. The summed E-state index contributed by atoms with van der Waals surface area (Å²) in [5.74, 6) is -0.114. The van der Waals surface area contributed by atoms with Gasteiger partial charge in [-0.05, 0) is 46.8 Å². The fourth-order valence-electron chi connectivity index (χ4n) is 2.07. The van der Waals surface area contributed by atoms with Crippen LogP contribution in [0.25, 0.3) is 0 Å². The molecule has 0 saturated carbocycles. The lowest BCUT2D eigenvalue weighted by molar-refractivity contribution is -0.881. The molecule has 1 atom stereocenters. The molecule has 0 fully saturated rings. The number of hydrogen-bond acceptors (Lipinski definition) is 2. The van der Waals surface area contributed by atoms with Gasteiger partial charge in [0, 0.05) is 11.2 Å². The van der Waals surface area contributed by atoms with Gasteiger partial charge in [-0.1, -0.05) is 17.7 Å². The largest absolute Gasteiger partial charge is 0.347 e. The molecule has 0 aliphatic carbocycles. The van der Waals surface area contributed by atoms with E-state index in [0.29, 0.717) is 6.54 Å². The van der Waals surface area contributed by atoms with Crippen LogP contribution in [0.3, 0.4) is 0 Å². The van der Waals surface area contributed by atoms with Crippen molar-refractivity contribution in [2.45, 2.75) is 40.2 Å². The molecule has 5 heteroatoms. The number of carbonyl (C=O) groups excluding carboxylic acids is 2. The number of anilines is 1. The van der Waals surface area contributed by atoms with Gasteiger partial charge < -0.3 is 15.5 Å². The first-order chi connectivity index (χ1) is 10.2. The van der Waals surface area contributed by atoms with Gasteiger partial charge in [0.05, 0.1) is 6.54 Å². The third kappa shape index (κ3) is 7.22. The Kier molecular flexibility index (Phi) is 6.56. The molecule has 3 N–H and O–H groups in total. The average Bonchev–Trinajstić information content (AvgIpc) is 2.38. The number of likely N-dealkylation sites (N-methyl/N-ethyl adjacent to an activating group) is 1. The molecular formula is C17H28N3O2+. The van der Waals surface area contributed by atoms with Crippen LogP contribution in [0.2, 0.25) is 0 Å². The van der Waals surface area contributed by atoms with E-state index in [1.54, 1.807) is 0 Å². The van der Waals surface area contributed by atoms with E-state index < -0.39 is 0 Å². The highest BCUT2D eigenvalue weighted by Gasteiger charge is 2.20. The van der Waals surface area contributed by atoms with E-state index in [-0.39, 0.29) is 23.9 Å². The molecule has 0 saturated heterocycles. The number of carbonyl (C=O) groups is 2. The van der Waals surface area contributed by atoms with Gasteiger partial charge in [-0.25, -0.2) is 0 Å². The highest BCUT2D eigenvalue weighted by molar-refractivity contribution is 5.91. The van der Waals surface area contributed by atoms with Crippen molar-refractivity contribution in [1.29, 1.82) is 0 Å². The Morgan fingerprint density at radius 1 is 1.05 bits per heavy atom. The third-order valence-corrected chi connectivity index (χ3v) is 3.17. The standard InChI is InChI=1S/C17H27N3O2/c1-6-20(12-16(22)19-17(3,4)5)11-15(21)18-14-9-7-13(2)8-10-14/h7-10H,6,11-12H2,1-5H3,(H,18,21)(H,19,22)/p+1. The van der Waals surface area contributed by atoms with E-state index in [1.165, 1.54) is 0 Å². The van der Waals surface area contributed by atoms with Crippen molar-refractivity contribution >= 4 is 17.5 Å². The van der Waals surface area contributed by atoms with Crippen molar-refractivity contribution in [1.82, 2.24) is 5.32 Å². The van der Waals surface area contributed by atoms with Gasteiger partial charge in [-0.2, -0.15) is 0 Å². The van der Waals surface area contributed by atoms with Gasteiger partial charge in [0.15, 0.2) is 13.1 Å². The molecule has 1 rings (SSSR count). The Bertz CT molecular complexity index is 504. The summed E-state index contributed by atoms with van der Waals surface area (Å²) in [6, 6.07) is 7.67. The molecule has 1 aromatic carbocycles. The number of hydrogen-bond donors (Lipinski definition) is 3. The number of nitrogens with one attached hydrogen (secondary N) is 3. The minimum Gasteiger partial charge on any atom is -0.347 e.